The third kappa shape index (κ3) is 3.00. The topological polar surface area (TPSA) is 36.1 Å². The van der Waals surface area contributed by atoms with E-state index < -0.39 is 0 Å². The molecule has 126 valence electrons. The van der Waals surface area contributed by atoms with Gasteiger partial charge in [-0.25, -0.2) is 4.39 Å². The van der Waals surface area contributed by atoms with Crippen LogP contribution in [0.4, 0.5) is 4.39 Å². The van der Waals surface area contributed by atoms with Gasteiger partial charge < -0.3 is 9.88 Å². The van der Waals surface area contributed by atoms with Crippen LogP contribution in [0.3, 0.4) is 0 Å². The number of carbonyl (C=O) groups excluding carboxylic acids is 1. The van der Waals surface area contributed by atoms with Gasteiger partial charge in [0, 0.05) is 40.2 Å². The van der Waals surface area contributed by atoms with Gasteiger partial charge in [0.2, 0.25) is 0 Å². The van der Waals surface area contributed by atoms with E-state index in [9.17, 15) is 9.18 Å². The number of rotatable bonds is 2. The molecule has 25 heavy (non-hydrogen) atoms. The first-order chi connectivity index (χ1) is 12.1. The van der Waals surface area contributed by atoms with Crippen molar-refractivity contribution in [3.63, 3.8) is 0 Å². The van der Waals surface area contributed by atoms with Gasteiger partial charge in [0.05, 0.1) is 5.56 Å². The molecule has 0 saturated heterocycles. The van der Waals surface area contributed by atoms with Crippen LogP contribution in [0.2, 0.25) is 0 Å². The van der Waals surface area contributed by atoms with Crippen LogP contribution >= 0.6 is 15.9 Å². The minimum Gasteiger partial charge on any atom is -0.360 e. The molecular weight excluding hydrogens is 383 g/mol. The second-order valence-electron chi connectivity index (χ2n) is 6.10. The van der Waals surface area contributed by atoms with Gasteiger partial charge in [0.15, 0.2) is 0 Å². The number of amides is 1. The molecule has 3 aromatic rings. The van der Waals surface area contributed by atoms with Gasteiger partial charge in [-0.15, -0.1) is 0 Å². The Hall–Kier alpha value is -2.40. The van der Waals surface area contributed by atoms with Gasteiger partial charge in [-0.2, -0.15) is 0 Å². The predicted molar refractivity (Wildman–Crippen MR) is 101 cm³/mol. The van der Waals surface area contributed by atoms with Crippen molar-refractivity contribution in [3.05, 3.63) is 76.2 Å². The molecule has 2 heterocycles. The first-order valence-corrected chi connectivity index (χ1v) is 8.92. The van der Waals surface area contributed by atoms with E-state index in [1.54, 1.807) is 6.07 Å². The summed E-state index contributed by atoms with van der Waals surface area (Å²) in [5.74, 6) is -0.215. The maximum atomic E-state index is 13.3. The molecule has 0 saturated carbocycles. The van der Waals surface area contributed by atoms with Crippen molar-refractivity contribution in [1.29, 1.82) is 0 Å². The number of halogens is 2. The highest BCUT2D eigenvalue weighted by molar-refractivity contribution is 9.10. The van der Waals surface area contributed by atoms with E-state index in [1.165, 1.54) is 17.7 Å². The third-order valence-corrected chi connectivity index (χ3v) is 5.28. The highest BCUT2D eigenvalue weighted by Crippen LogP contribution is 2.30. The van der Waals surface area contributed by atoms with E-state index in [0.717, 1.165) is 27.4 Å². The lowest BCUT2D eigenvalue weighted by Gasteiger charge is -2.27. The van der Waals surface area contributed by atoms with E-state index in [1.807, 2.05) is 35.4 Å². The van der Waals surface area contributed by atoms with Crippen molar-refractivity contribution in [2.45, 2.75) is 6.42 Å². The molecule has 0 aliphatic carbocycles. The monoisotopic (exact) mass is 398 g/mol. The fourth-order valence-corrected chi connectivity index (χ4v) is 3.72. The summed E-state index contributed by atoms with van der Waals surface area (Å²) in [4.78, 5) is 17.7. The standard InChI is InChI=1S/C20H16BrFN2O/c21-18-4-2-1-3-16(18)20(25)24-9-7-13(8-10-24)17-12-23-19-11-14(22)5-6-15(17)19/h1-7,11-12,23H,8-10H2. The normalized spacial score (nSPS) is 14.6. The van der Waals surface area contributed by atoms with E-state index in [4.69, 9.17) is 0 Å². The Morgan fingerprint density at radius 1 is 1.20 bits per heavy atom. The molecule has 1 aromatic heterocycles. The van der Waals surface area contributed by atoms with Crippen molar-refractivity contribution in [2.24, 2.45) is 0 Å². The predicted octanol–water partition coefficient (Wildman–Crippen LogP) is 5.00. The van der Waals surface area contributed by atoms with Crippen LogP contribution in [0.15, 0.2) is 59.2 Å². The average Bonchev–Trinajstić information content (AvgIpc) is 3.04. The largest absolute Gasteiger partial charge is 0.360 e. The van der Waals surface area contributed by atoms with E-state index in [-0.39, 0.29) is 11.7 Å². The Morgan fingerprint density at radius 2 is 2.04 bits per heavy atom. The van der Waals surface area contributed by atoms with Crippen LogP contribution < -0.4 is 0 Å². The summed E-state index contributed by atoms with van der Waals surface area (Å²) in [6, 6.07) is 12.3. The van der Waals surface area contributed by atoms with Gasteiger partial charge in [0.25, 0.3) is 5.91 Å². The van der Waals surface area contributed by atoms with E-state index in [2.05, 4.69) is 27.0 Å². The molecule has 1 aliphatic heterocycles. The summed E-state index contributed by atoms with van der Waals surface area (Å²) >= 11 is 3.44. The molecule has 0 atom stereocenters. The minimum absolute atomic E-state index is 0.0313. The zero-order chi connectivity index (χ0) is 17.4. The molecule has 2 aromatic carbocycles. The molecule has 0 bridgehead atoms. The number of hydrogen-bond donors (Lipinski definition) is 1. The number of nitrogens with zero attached hydrogens (tertiary/aromatic N) is 1. The van der Waals surface area contributed by atoms with Gasteiger partial charge in [-0.05, 0) is 58.3 Å². The fourth-order valence-electron chi connectivity index (χ4n) is 3.27. The number of aromatic nitrogens is 1. The van der Waals surface area contributed by atoms with Gasteiger partial charge >= 0.3 is 0 Å². The number of carbonyl (C=O) groups is 1. The van der Waals surface area contributed by atoms with E-state index in [0.29, 0.717) is 18.7 Å². The van der Waals surface area contributed by atoms with Gasteiger partial charge in [-0.1, -0.05) is 18.2 Å². The summed E-state index contributed by atoms with van der Waals surface area (Å²) < 4.78 is 14.2. The fraction of sp³-hybridized carbons (Fsp3) is 0.150. The smallest absolute Gasteiger partial charge is 0.255 e. The Balaban J connectivity index is 1.58. The second kappa shape index (κ2) is 6.48. The second-order valence-corrected chi connectivity index (χ2v) is 6.96. The molecule has 3 nitrogen and oxygen atoms in total. The number of aromatic amines is 1. The number of benzene rings is 2. The number of hydrogen-bond acceptors (Lipinski definition) is 1. The highest BCUT2D eigenvalue weighted by Gasteiger charge is 2.21. The van der Waals surface area contributed by atoms with Crippen molar-refractivity contribution in [3.8, 4) is 0 Å². The Morgan fingerprint density at radius 3 is 2.80 bits per heavy atom. The Labute approximate surface area is 153 Å². The summed E-state index contributed by atoms with van der Waals surface area (Å²) in [6.07, 6.45) is 4.78. The van der Waals surface area contributed by atoms with Crippen LogP contribution in [-0.2, 0) is 0 Å². The number of fused-ring (bicyclic) bond motifs is 1. The number of H-pyrrole nitrogens is 1. The molecule has 0 fully saturated rings. The van der Waals surface area contributed by atoms with Crippen LogP contribution in [0, 0.1) is 5.82 Å². The molecule has 4 rings (SSSR count). The minimum atomic E-state index is -0.247. The molecule has 1 aliphatic rings. The number of nitrogens with one attached hydrogen (secondary N) is 1. The van der Waals surface area contributed by atoms with Crippen LogP contribution in [0.5, 0.6) is 0 Å². The molecule has 0 radical (unpaired) electrons. The summed E-state index contributed by atoms with van der Waals surface area (Å²) in [5.41, 5.74) is 3.75. The van der Waals surface area contributed by atoms with Gasteiger partial charge in [-0.3, -0.25) is 4.79 Å². The SMILES string of the molecule is O=C(c1ccccc1Br)N1CC=C(c2c[nH]c3cc(F)ccc23)CC1. The maximum Gasteiger partial charge on any atom is 0.255 e. The lowest BCUT2D eigenvalue weighted by atomic mass is 9.98. The average molecular weight is 399 g/mol. The summed E-state index contributed by atoms with van der Waals surface area (Å²) in [6.45, 7) is 1.24. The van der Waals surface area contributed by atoms with E-state index >= 15 is 0 Å². The highest BCUT2D eigenvalue weighted by atomic mass is 79.9. The van der Waals surface area contributed by atoms with Gasteiger partial charge in [0.1, 0.15) is 5.82 Å². The molecule has 1 N–H and O–H groups in total. The van der Waals surface area contributed by atoms with Crippen LogP contribution in [0.25, 0.3) is 16.5 Å². The molecule has 5 heteroatoms. The van der Waals surface area contributed by atoms with Crippen molar-refractivity contribution in [1.82, 2.24) is 9.88 Å². The zero-order valence-electron chi connectivity index (χ0n) is 13.4. The first-order valence-electron chi connectivity index (χ1n) is 8.13. The van der Waals surface area contributed by atoms with Crippen LogP contribution in [-0.4, -0.2) is 28.9 Å². The van der Waals surface area contributed by atoms with Crippen LogP contribution in [0.1, 0.15) is 22.3 Å². The molecule has 0 spiro atoms. The lowest BCUT2D eigenvalue weighted by Crippen LogP contribution is -2.34. The molecule has 1 amide bonds. The maximum absolute atomic E-state index is 13.3. The lowest BCUT2D eigenvalue weighted by molar-refractivity contribution is 0.0772. The summed E-state index contributed by atoms with van der Waals surface area (Å²) in [5, 5.41) is 1.01. The Kier molecular flexibility index (Phi) is 4.17. The molecule has 0 unspecified atom stereocenters. The van der Waals surface area contributed by atoms with Crippen molar-refractivity contribution < 1.29 is 9.18 Å². The van der Waals surface area contributed by atoms with Crippen molar-refractivity contribution >= 4 is 38.3 Å². The van der Waals surface area contributed by atoms with Crippen molar-refractivity contribution in [2.75, 3.05) is 13.1 Å². The first kappa shape index (κ1) is 16.1. The molecular formula is C20H16BrFN2O. The summed E-state index contributed by atoms with van der Waals surface area (Å²) in [7, 11) is 0. The quantitative estimate of drug-likeness (QED) is 0.647. The third-order valence-electron chi connectivity index (χ3n) is 4.59. The Bertz CT molecular complexity index is 992. The zero-order valence-corrected chi connectivity index (χ0v) is 15.0.